The Labute approximate surface area is 301 Å². The second-order valence-electron chi connectivity index (χ2n) is 12.6. The molecule has 0 spiro atoms. The van der Waals surface area contributed by atoms with Crippen LogP contribution in [0.1, 0.15) is 40.7 Å². The van der Waals surface area contributed by atoms with Crippen LogP contribution in [-0.2, 0) is 30.3 Å². The van der Waals surface area contributed by atoms with Crippen molar-refractivity contribution in [3.05, 3.63) is 97.7 Å². The zero-order chi connectivity index (χ0) is 37.1. The Bertz CT molecular complexity index is 1940. The van der Waals surface area contributed by atoms with E-state index >= 15 is 0 Å². The SMILES string of the molecule is COc1cc([C@@H]2c3cc4c(cc3[C@@H](O[C@H]3C[C@H](N=[N+]=[N-])[C@H](O)[C@@H](CN=[N+]=[N-])O3)[C@H]3COC(=O)[C@H]23)OCO4)cc(OC)c1OC(=O)OCc1ccccc1. The zero-order valence-electron chi connectivity index (χ0n) is 28.5. The first-order valence-corrected chi connectivity index (χ1v) is 16.6. The average molecular weight is 731 g/mol. The van der Waals surface area contributed by atoms with Crippen LogP contribution in [0.15, 0.2) is 64.8 Å². The summed E-state index contributed by atoms with van der Waals surface area (Å²) in [6.07, 6.45) is -5.13. The summed E-state index contributed by atoms with van der Waals surface area (Å²) in [6.45, 7) is -0.272. The van der Waals surface area contributed by atoms with Gasteiger partial charge < -0.3 is 47.7 Å². The number of azide groups is 2. The number of esters is 1. The first kappa shape index (κ1) is 35.5. The Morgan fingerprint density at radius 1 is 0.981 bits per heavy atom. The van der Waals surface area contributed by atoms with Crippen molar-refractivity contribution in [1.82, 2.24) is 0 Å². The highest BCUT2D eigenvalue weighted by Gasteiger charge is 2.54. The van der Waals surface area contributed by atoms with Crippen LogP contribution in [0.4, 0.5) is 4.79 Å². The molecule has 8 atom stereocenters. The monoisotopic (exact) mass is 730 g/mol. The van der Waals surface area contributed by atoms with E-state index in [1.54, 1.807) is 24.3 Å². The molecular formula is C35H34N6O12. The highest BCUT2D eigenvalue weighted by Crippen LogP contribution is 2.57. The highest BCUT2D eigenvalue weighted by atomic mass is 16.7. The molecule has 3 aliphatic heterocycles. The summed E-state index contributed by atoms with van der Waals surface area (Å²) in [5.74, 6) is -1.33. The molecule has 0 aromatic heterocycles. The molecule has 3 aromatic rings. The number of hydrogen-bond acceptors (Lipinski definition) is 14. The van der Waals surface area contributed by atoms with Gasteiger partial charge in [0.1, 0.15) is 6.61 Å². The number of carbonyl (C=O) groups is 2. The number of benzene rings is 3. The van der Waals surface area contributed by atoms with E-state index < -0.39 is 60.5 Å². The summed E-state index contributed by atoms with van der Waals surface area (Å²) in [6, 6.07) is 15.0. The van der Waals surface area contributed by atoms with Crippen LogP contribution in [0.2, 0.25) is 0 Å². The summed E-state index contributed by atoms with van der Waals surface area (Å²) >= 11 is 0. The number of methoxy groups -OCH3 is 2. The Morgan fingerprint density at radius 2 is 1.70 bits per heavy atom. The predicted molar refractivity (Wildman–Crippen MR) is 179 cm³/mol. The smallest absolute Gasteiger partial charge is 0.493 e. The maximum atomic E-state index is 13.7. The van der Waals surface area contributed by atoms with Crippen LogP contribution < -0.4 is 23.7 Å². The van der Waals surface area contributed by atoms with E-state index in [1.807, 2.05) is 30.3 Å². The van der Waals surface area contributed by atoms with Crippen molar-refractivity contribution in [2.24, 2.45) is 22.1 Å². The van der Waals surface area contributed by atoms with Gasteiger partial charge in [-0.2, -0.15) is 0 Å². The van der Waals surface area contributed by atoms with Gasteiger partial charge >= 0.3 is 12.1 Å². The van der Waals surface area contributed by atoms with Crippen LogP contribution in [0.3, 0.4) is 0 Å². The van der Waals surface area contributed by atoms with E-state index in [4.69, 9.17) is 48.2 Å². The lowest BCUT2D eigenvalue weighted by Gasteiger charge is -2.43. The number of rotatable bonds is 11. The molecule has 3 heterocycles. The summed E-state index contributed by atoms with van der Waals surface area (Å²) in [5.41, 5.74) is 20.7. The summed E-state index contributed by atoms with van der Waals surface area (Å²) in [7, 11) is 2.81. The molecule has 4 aliphatic rings. The fourth-order valence-corrected chi connectivity index (χ4v) is 7.31. The van der Waals surface area contributed by atoms with E-state index in [2.05, 4.69) is 20.1 Å². The minimum atomic E-state index is -1.25. The highest BCUT2D eigenvalue weighted by molar-refractivity contribution is 5.79. The Kier molecular flexibility index (Phi) is 10.3. The third-order valence-corrected chi connectivity index (χ3v) is 9.71. The minimum Gasteiger partial charge on any atom is -0.493 e. The van der Waals surface area contributed by atoms with E-state index in [1.165, 1.54) is 14.2 Å². The first-order valence-electron chi connectivity index (χ1n) is 16.6. The van der Waals surface area contributed by atoms with E-state index in [9.17, 15) is 20.2 Å². The summed E-state index contributed by atoms with van der Waals surface area (Å²) in [5, 5.41) is 18.0. The zero-order valence-corrected chi connectivity index (χ0v) is 28.5. The van der Waals surface area contributed by atoms with Gasteiger partial charge in [-0.25, -0.2) is 4.79 Å². The van der Waals surface area contributed by atoms with Gasteiger partial charge in [0.25, 0.3) is 0 Å². The number of cyclic esters (lactones) is 1. The third-order valence-electron chi connectivity index (χ3n) is 9.71. The lowest BCUT2D eigenvalue weighted by atomic mass is 9.66. The van der Waals surface area contributed by atoms with Crippen molar-refractivity contribution in [2.45, 2.75) is 49.6 Å². The van der Waals surface area contributed by atoms with Crippen LogP contribution >= 0.6 is 0 Å². The quantitative estimate of drug-likeness (QED) is 0.0834. The normalized spacial score (nSPS) is 26.5. The molecule has 18 nitrogen and oxygen atoms in total. The van der Waals surface area contributed by atoms with Crippen molar-refractivity contribution in [2.75, 3.05) is 34.2 Å². The van der Waals surface area contributed by atoms with Crippen LogP contribution in [0.25, 0.3) is 20.9 Å². The summed E-state index contributed by atoms with van der Waals surface area (Å²) < 4.78 is 52.1. The Balaban J connectivity index is 1.25. The maximum Gasteiger partial charge on any atom is 0.514 e. The molecule has 0 radical (unpaired) electrons. The van der Waals surface area contributed by atoms with Crippen LogP contribution in [0, 0.1) is 11.8 Å². The number of carbonyl (C=O) groups excluding carboxylic acids is 2. The molecule has 2 fully saturated rings. The second-order valence-corrected chi connectivity index (χ2v) is 12.6. The van der Waals surface area contributed by atoms with Crippen molar-refractivity contribution in [1.29, 1.82) is 0 Å². The number of aliphatic hydroxyl groups excluding tert-OH is 1. The van der Waals surface area contributed by atoms with E-state index in [-0.39, 0.29) is 50.2 Å². The second kappa shape index (κ2) is 15.4. The van der Waals surface area contributed by atoms with Gasteiger partial charge in [-0.3, -0.25) is 4.79 Å². The van der Waals surface area contributed by atoms with Crippen LogP contribution in [-0.4, -0.2) is 75.9 Å². The lowest BCUT2D eigenvalue weighted by Crippen LogP contribution is -2.50. The molecule has 0 bridgehead atoms. The Hall–Kier alpha value is -5.90. The molecular weight excluding hydrogens is 696 g/mol. The molecule has 3 aromatic carbocycles. The minimum absolute atomic E-state index is 0.00144. The topological polar surface area (TPSA) is 235 Å². The standard InChI is InChI=1S/C35H34N6O12/c1-45-25-8-18(9-26(46-2)33(25)53-35(44)48-14-17-6-4-3-5-7-17)29-19-10-23-24(50-16-49-23)11-20(19)32(21-15-47-34(43)30(21)29)52-28-12-22(39-41-37)31(42)27(51-28)13-38-40-36/h3-11,21-22,27-32,42H,12-16H2,1-2H3/t21-,22-,27+,28-,29+,30-,31-,32+/m0/s1. The fourth-order valence-electron chi connectivity index (χ4n) is 7.31. The number of hydrogen-bond donors (Lipinski definition) is 1. The average Bonchev–Trinajstić information content (AvgIpc) is 3.80. The fraction of sp³-hybridized carbons (Fsp3) is 0.429. The summed E-state index contributed by atoms with van der Waals surface area (Å²) in [4.78, 5) is 32.1. The van der Waals surface area contributed by atoms with Gasteiger partial charge in [-0.15, -0.1) is 0 Å². The number of nitrogens with zero attached hydrogens (tertiary/aromatic N) is 6. The molecule has 53 heavy (non-hydrogen) atoms. The predicted octanol–water partition coefficient (Wildman–Crippen LogP) is 5.61. The molecule has 0 saturated carbocycles. The number of ether oxygens (including phenoxy) is 9. The van der Waals surface area contributed by atoms with Crippen molar-refractivity contribution in [3.63, 3.8) is 0 Å². The van der Waals surface area contributed by atoms with Gasteiger partial charge in [-0.05, 0) is 57.6 Å². The third kappa shape index (κ3) is 7.01. The first-order chi connectivity index (χ1) is 25.8. The van der Waals surface area contributed by atoms with Gasteiger partial charge in [0, 0.05) is 28.1 Å². The van der Waals surface area contributed by atoms with Crippen molar-refractivity contribution in [3.8, 4) is 28.7 Å². The molecule has 0 amide bonds. The van der Waals surface area contributed by atoms with E-state index in [0.717, 1.165) is 5.56 Å². The molecule has 1 N–H and O–H groups in total. The maximum absolute atomic E-state index is 13.7. The van der Waals surface area contributed by atoms with Gasteiger partial charge in [-0.1, -0.05) is 40.6 Å². The molecule has 276 valence electrons. The lowest BCUT2D eigenvalue weighted by molar-refractivity contribution is -0.251. The molecule has 7 rings (SSSR count). The molecule has 0 unspecified atom stereocenters. The van der Waals surface area contributed by atoms with Crippen LogP contribution in [0.5, 0.6) is 28.7 Å². The number of fused-ring (bicyclic) bond motifs is 3. The van der Waals surface area contributed by atoms with Gasteiger partial charge in [0.15, 0.2) is 29.3 Å². The molecule has 18 heteroatoms. The van der Waals surface area contributed by atoms with Crippen molar-refractivity contribution < 1.29 is 57.3 Å². The van der Waals surface area contributed by atoms with Gasteiger partial charge in [0.2, 0.25) is 12.5 Å². The van der Waals surface area contributed by atoms with Gasteiger partial charge in [0.05, 0.1) is 57.6 Å². The largest absolute Gasteiger partial charge is 0.514 e. The molecule has 2 saturated heterocycles. The van der Waals surface area contributed by atoms with E-state index in [0.29, 0.717) is 28.2 Å². The van der Waals surface area contributed by atoms with Crippen molar-refractivity contribution >= 4 is 12.1 Å². The number of aliphatic hydroxyl groups is 1. The molecule has 1 aliphatic carbocycles. The Morgan fingerprint density at radius 3 is 2.38 bits per heavy atom.